The van der Waals surface area contributed by atoms with Crippen molar-refractivity contribution in [3.05, 3.63) is 47.0 Å². The van der Waals surface area contributed by atoms with Crippen LogP contribution >= 0.6 is 24.0 Å². The molecule has 0 saturated carbocycles. The summed E-state index contributed by atoms with van der Waals surface area (Å²) in [6.45, 7) is 7.92. The number of piperidine rings is 1. The van der Waals surface area contributed by atoms with E-state index in [1.54, 1.807) is 7.11 Å². The van der Waals surface area contributed by atoms with Crippen LogP contribution < -0.4 is 10.6 Å². The number of ether oxygens (including phenoxy) is 1. The maximum absolute atomic E-state index is 5.14. The average Bonchev–Trinajstić information content (AvgIpc) is 3.09. The van der Waals surface area contributed by atoms with Gasteiger partial charge in [0.1, 0.15) is 5.82 Å². The normalized spacial score (nSPS) is 14.9. The predicted molar refractivity (Wildman–Crippen MR) is 135 cm³/mol. The van der Waals surface area contributed by atoms with Gasteiger partial charge in [0.25, 0.3) is 0 Å². The number of aromatic nitrogens is 3. The van der Waals surface area contributed by atoms with E-state index in [1.807, 2.05) is 18.5 Å². The van der Waals surface area contributed by atoms with Crippen LogP contribution in [0.5, 0.6) is 0 Å². The second kappa shape index (κ2) is 13.6. The number of halogens is 1. The van der Waals surface area contributed by atoms with Crippen LogP contribution in [0.2, 0.25) is 0 Å². The number of methoxy groups -OCH3 is 1. The first-order chi connectivity index (χ1) is 14.7. The van der Waals surface area contributed by atoms with Crippen molar-refractivity contribution in [2.24, 2.45) is 12.0 Å². The molecule has 3 rings (SSSR count). The highest BCUT2D eigenvalue weighted by Gasteiger charge is 2.10. The molecular formula is C22H36IN7O. The Balaban J connectivity index is 0.00000341. The smallest absolute Gasteiger partial charge is 0.192 e. The number of aliphatic imine (C=N–C) groups is 1. The van der Waals surface area contributed by atoms with Crippen molar-refractivity contribution in [2.45, 2.75) is 45.8 Å². The lowest BCUT2D eigenvalue weighted by Crippen LogP contribution is -2.39. The molecule has 0 spiro atoms. The first kappa shape index (κ1) is 25.5. The molecule has 1 aromatic heterocycles. The van der Waals surface area contributed by atoms with Crippen LogP contribution in [-0.2, 0) is 31.4 Å². The summed E-state index contributed by atoms with van der Waals surface area (Å²) in [6, 6.07) is 8.82. The minimum Gasteiger partial charge on any atom is -0.383 e. The Labute approximate surface area is 202 Å². The summed E-state index contributed by atoms with van der Waals surface area (Å²) >= 11 is 0. The fourth-order valence-corrected chi connectivity index (χ4v) is 3.51. The molecule has 1 fully saturated rings. The van der Waals surface area contributed by atoms with Crippen LogP contribution in [0.4, 0.5) is 0 Å². The highest BCUT2D eigenvalue weighted by molar-refractivity contribution is 14.0. The molecule has 2 aromatic rings. The van der Waals surface area contributed by atoms with Gasteiger partial charge in [-0.25, -0.2) is 4.99 Å². The number of rotatable bonds is 9. The average molecular weight is 541 g/mol. The van der Waals surface area contributed by atoms with Crippen molar-refractivity contribution in [1.82, 2.24) is 30.3 Å². The van der Waals surface area contributed by atoms with Gasteiger partial charge in [-0.15, -0.1) is 34.2 Å². The number of nitrogens with one attached hydrogen (secondary N) is 2. The van der Waals surface area contributed by atoms with E-state index >= 15 is 0 Å². The second-order valence-corrected chi connectivity index (χ2v) is 7.81. The molecule has 9 heteroatoms. The van der Waals surface area contributed by atoms with Gasteiger partial charge < -0.3 is 19.9 Å². The van der Waals surface area contributed by atoms with Gasteiger partial charge in [0.05, 0.1) is 19.7 Å². The van der Waals surface area contributed by atoms with E-state index in [9.17, 15) is 0 Å². The van der Waals surface area contributed by atoms with Gasteiger partial charge in [0.2, 0.25) is 0 Å². The van der Waals surface area contributed by atoms with E-state index in [0.29, 0.717) is 26.2 Å². The lowest BCUT2D eigenvalue weighted by Gasteiger charge is -2.26. The second-order valence-electron chi connectivity index (χ2n) is 7.81. The van der Waals surface area contributed by atoms with Crippen LogP contribution in [0.3, 0.4) is 0 Å². The third-order valence-corrected chi connectivity index (χ3v) is 5.49. The van der Waals surface area contributed by atoms with Gasteiger partial charge in [0.15, 0.2) is 11.8 Å². The summed E-state index contributed by atoms with van der Waals surface area (Å²) in [6.07, 6.45) is 4.03. The molecule has 0 atom stereocenters. The zero-order chi connectivity index (χ0) is 21.2. The first-order valence-electron chi connectivity index (χ1n) is 10.8. The number of guanidine groups is 1. The van der Waals surface area contributed by atoms with Crippen LogP contribution in [0.25, 0.3) is 0 Å². The zero-order valence-corrected chi connectivity index (χ0v) is 21.3. The monoisotopic (exact) mass is 541 g/mol. The molecule has 31 heavy (non-hydrogen) atoms. The van der Waals surface area contributed by atoms with E-state index in [0.717, 1.165) is 24.2 Å². The summed E-state index contributed by atoms with van der Waals surface area (Å²) in [4.78, 5) is 7.28. The number of hydrogen-bond acceptors (Lipinski definition) is 5. The summed E-state index contributed by atoms with van der Waals surface area (Å²) in [7, 11) is 3.66. The maximum atomic E-state index is 5.14. The van der Waals surface area contributed by atoms with Crippen molar-refractivity contribution in [2.75, 3.05) is 33.4 Å². The van der Waals surface area contributed by atoms with E-state index in [-0.39, 0.29) is 24.0 Å². The van der Waals surface area contributed by atoms with Gasteiger partial charge in [-0.1, -0.05) is 30.7 Å². The van der Waals surface area contributed by atoms with Gasteiger partial charge in [-0.2, -0.15) is 0 Å². The van der Waals surface area contributed by atoms with Crippen molar-refractivity contribution >= 4 is 29.9 Å². The molecule has 0 unspecified atom stereocenters. The summed E-state index contributed by atoms with van der Waals surface area (Å²) in [5.41, 5.74) is 2.57. The molecule has 0 aliphatic carbocycles. The van der Waals surface area contributed by atoms with E-state index < -0.39 is 0 Å². The van der Waals surface area contributed by atoms with Crippen LogP contribution in [0.1, 0.15) is 42.0 Å². The summed E-state index contributed by atoms with van der Waals surface area (Å²) in [5.74, 6) is 2.50. The number of aryl methyl sites for hydroxylation is 1. The molecule has 1 aliphatic heterocycles. The molecule has 1 saturated heterocycles. The lowest BCUT2D eigenvalue weighted by molar-refractivity contribution is 0.203. The summed E-state index contributed by atoms with van der Waals surface area (Å²) < 4.78 is 7.11. The topological polar surface area (TPSA) is 79.6 Å². The standard InChI is InChI=1S/C22H35N7O.HI/c1-18-26-27-21(28(18)2)16-25-22(23-11-14-30-3)24-15-19-7-9-20(10-8-19)17-29-12-5-4-6-13-29;/h7-10H,4-6,11-17H2,1-3H3,(H2,23,24,25);1H. The van der Waals surface area contributed by atoms with E-state index in [1.165, 1.54) is 43.5 Å². The molecule has 1 aromatic carbocycles. The quantitative estimate of drug-likeness (QED) is 0.220. The highest BCUT2D eigenvalue weighted by Crippen LogP contribution is 2.14. The molecule has 172 valence electrons. The Morgan fingerprint density at radius 3 is 2.42 bits per heavy atom. The third-order valence-electron chi connectivity index (χ3n) is 5.49. The van der Waals surface area contributed by atoms with Gasteiger partial charge in [-0.05, 0) is 44.0 Å². The van der Waals surface area contributed by atoms with Crippen LogP contribution in [0, 0.1) is 6.92 Å². The lowest BCUT2D eigenvalue weighted by atomic mass is 10.1. The fraction of sp³-hybridized carbons (Fsp3) is 0.591. The first-order valence-corrected chi connectivity index (χ1v) is 10.8. The van der Waals surface area contributed by atoms with Gasteiger partial charge >= 0.3 is 0 Å². The number of nitrogens with zero attached hydrogens (tertiary/aromatic N) is 5. The van der Waals surface area contributed by atoms with Gasteiger partial charge in [0, 0.05) is 27.2 Å². The number of likely N-dealkylation sites (tertiary alicyclic amines) is 1. The number of hydrogen-bond donors (Lipinski definition) is 2. The molecular weight excluding hydrogens is 505 g/mol. The predicted octanol–water partition coefficient (Wildman–Crippen LogP) is 2.61. The van der Waals surface area contributed by atoms with Gasteiger partial charge in [-0.3, -0.25) is 4.90 Å². The van der Waals surface area contributed by atoms with Crippen LogP contribution in [0.15, 0.2) is 29.3 Å². The minimum absolute atomic E-state index is 0. The Morgan fingerprint density at radius 2 is 1.77 bits per heavy atom. The number of benzene rings is 1. The Kier molecular flexibility index (Phi) is 11.2. The van der Waals surface area contributed by atoms with Crippen molar-refractivity contribution in [3.63, 3.8) is 0 Å². The maximum Gasteiger partial charge on any atom is 0.192 e. The summed E-state index contributed by atoms with van der Waals surface area (Å²) in [5, 5.41) is 14.9. The fourth-order valence-electron chi connectivity index (χ4n) is 3.51. The molecule has 8 nitrogen and oxygen atoms in total. The third kappa shape index (κ3) is 8.38. The Bertz CT molecular complexity index is 801. The molecule has 2 heterocycles. The van der Waals surface area contributed by atoms with E-state index in [2.05, 4.69) is 50.0 Å². The van der Waals surface area contributed by atoms with Crippen LogP contribution in [-0.4, -0.2) is 59.0 Å². The zero-order valence-electron chi connectivity index (χ0n) is 18.9. The molecule has 2 N–H and O–H groups in total. The Morgan fingerprint density at radius 1 is 1.06 bits per heavy atom. The SMILES string of the molecule is COCCNC(=NCc1ccc(CN2CCCCC2)cc1)NCc1nnc(C)n1C.I. The minimum atomic E-state index is 0. The molecule has 0 bridgehead atoms. The molecule has 1 aliphatic rings. The molecule has 0 radical (unpaired) electrons. The van der Waals surface area contributed by atoms with E-state index in [4.69, 9.17) is 9.73 Å². The van der Waals surface area contributed by atoms with Crippen molar-refractivity contribution < 1.29 is 4.74 Å². The molecule has 0 amide bonds. The van der Waals surface area contributed by atoms with Crippen molar-refractivity contribution in [1.29, 1.82) is 0 Å². The van der Waals surface area contributed by atoms with Crippen molar-refractivity contribution in [3.8, 4) is 0 Å². The Hall–Kier alpha value is -1.72. The largest absolute Gasteiger partial charge is 0.383 e. The highest BCUT2D eigenvalue weighted by atomic mass is 127.